The molecule has 0 spiro atoms. The maximum atomic E-state index is 11.3. The first-order valence-electron chi connectivity index (χ1n) is 7.12. The van der Waals surface area contributed by atoms with Gasteiger partial charge in [-0.15, -0.1) is 0 Å². The number of anilines is 1. The molecule has 0 heterocycles. The van der Waals surface area contributed by atoms with Crippen molar-refractivity contribution in [2.45, 2.75) is 13.0 Å². The van der Waals surface area contributed by atoms with Crippen molar-refractivity contribution < 1.29 is 14.8 Å². The first kappa shape index (κ1) is 17.7. The highest BCUT2D eigenvalue weighted by atomic mass is 35.5. The molecule has 1 amide bonds. The fourth-order valence-electron chi connectivity index (χ4n) is 2.22. The van der Waals surface area contributed by atoms with Crippen LogP contribution in [0.2, 0.25) is 5.02 Å². The third-order valence-electron chi connectivity index (χ3n) is 3.47. The largest absolute Gasteiger partial charge is 0.396 e. The van der Waals surface area contributed by atoms with Crippen molar-refractivity contribution in [3.63, 3.8) is 0 Å². The van der Waals surface area contributed by atoms with Crippen LogP contribution >= 0.6 is 11.6 Å². The number of amides is 1. The fraction of sp³-hybridized carbons (Fsp3) is 0.188. The molecule has 0 bridgehead atoms. The van der Waals surface area contributed by atoms with Crippen LogP contribution in [-0.4, -0.2) is 22.5 Å². The quantitative estimate of drug-likeness (QED) is 0.524. The Labute approximate surface area is 143 Å². The van der Waals surface area contributed by atoms with E-state index in [4.69, 9.17) is 22.4 Å². The molecule has 0 aliphatic rings. The molecule has 0 unspecified atom stereocenters. The van der Waals surface area contributed by atoms with Gasteiger partial charge in [0.05, 0.1) is 21.1 Å². The van der Waals surface area contributed by atoms with Gasteiger partial charge < -0.3 is 16.2 Å². The van der Waals surface area contributed by atoms with Gasteiger partial charge in [-0.1, -0.05) is 23.7 Å². The smallest absolute Gasteiger partial charge is 0.275 e. The minimum atomic E-state index is -0.818. The topological polar surface area (TPSA) is 118 Å². The molecule has 24 heavy (non-hydrogen) atoms. The predicted molar refractivity (Wildman–Crippen MR) is 91.2 cm³/mol. The summed E-state index contributed by atoms with van der Waals surface area (Å²) in [6, 6.07) is 9.80. The van der Waals surface area contributed by atoms with Crippen molar-refractivity contribution in [2.75, 3.05) is 11.9 Å². The van der Waals surface area contributed by atoms with Gasteiger partial charge >= 0.3 is 0 Å². The van der Waals surface area contributed by atoms with Crippen LogP contribution in [0, 0.1) is 10.1 Å². The van der Waals surface area contributed by atoms with Crippen LogP contribution in [0.4, 0.5) is 11.4 Å². The monoisotopic (exact) mass is 349 g/mol. The number of nitro groups is 1. The number of nitrogens with zero attached hydrogens (tertiary/aromatic N) is 1. The Hall–Kier alpha value is -2.64. The predicted octanol–water partition coefficient (Wildman–Crippen LogP) is 2.49. The van der Waals surface area contributed by atoms with Crippen molar-refractivity contribution in [1.29, 1.82) is 0 Å². The van der Waals surface area contributed by atoms with Gasteiger partial charge in [-0.3, -0.25) is 14.9 Å². The van der Waals surface area contributed by atoms with Crippen molar-refractivity contribution in [1.82, 2.24) is 0 Å². The summed E-state index contributed by atoms with van der Waals surface area (Å²) < 4.78 is 0. The number of carbonyl (C=O) groups excluding carboxylic acids is 1. The molecule has 0 atom stereocenters. The van der Waals surface area contributed by atoms with E-state index in [1.165, 1.54) is 6.07 Å². The second-order valence-corrected chi connectivity index (χ2v) is 5.51. The fourth-order valence-corrected chi connectivity index (χ4v) is 2.50. The number of benzene rings is 2. The summed E-state index contributed by atoms with van der Waals surface area (Å²) in [7, 11) is 0. The average Bonchev–Trinajstić information content (AvgIpc) is 2.53. The second-order valence-electron chi connectivity index (χ2n) is 5.11. The summed E-state index contributed by atoms with van der Waals surface area (Å²) in [5, 5.41) is 23.2. The Morgan fingerprint density at radius 1 is 1.29 bits per heavy atom. The minimum absolute atomic E-state index is 0.0724. The van der Waals surface area contributed by atoms with E-state index in [0.717, 1.165) is 17.3 Å². The molecule has 0 aliphatic heterocycles. The van der Waals surface area contributed by atoms with E-state index in [-0.39, 0.29) is 29.4 Å². The Morgan fingerprint density at radius 2 is 1.96 bits per heavy atom. The summed E-state index contributed by atoms with van der Waals surface area (Å²) in [6.45, 7) is 0.234. The average molecular weight is 350 g/mol. The molecular formula is C16H16ClN3O4. The molecule has 0 saturated carbocycles. The van der Waals surface area contributed by atoms with Crippen molar-refractivity contribution in [3.05, 3.63) is 68.2 Å². The van der Waals surface area contributed by atoms with Crippen LogP contribution in [0.15, 0.2) is 36.4 Å². The van der Waals surface area contributed by atoms with Gasteiger partial charge in [-0.05, 0) is 30.2 Å². The molecule has 4 N–H and O–H groups in total. The lowest BCUT2D eigenvalue weighted by molar-refractivity contribution is -0.385. The van der Waals surface area contributed by atoms with Gasteiger partial charge in [0.25, 0.3) is 5.69 Å². The summed E-state index contributed by atoms with van der Waals surface area (Å²) in [5.41, 5.74) is 6.95. The number of aliphatic hydroxyl groups excluding tert-OH is 1. The highest BCUT2D eigenvalue weighted by Crippen LogP contribution is 2.27. The van der Waals surface area contributed by atoms with E-state index in [9.17, 15) is 14.9 Å². The van der Waals surface area contributed by atoms with E-state index >= 15 is 0 Å². The number of primary amides is 1. The van der Waals surface area contributed by atoms with E-state index < -0.39 is 10.8 Å². The summed E-state index contributed by atoms with van der Waals surface area (Å²) in [4.78, 5) is 21.9. The lowest BCUT2D eigenvalue weighted by atomic mass is 10.1. The maximum absolute atomic E-state index is 11.3. The molecule has 0 aliphatic carbocycles. The Kier molecular flexibility index (Phi) is 5.73. The summed E-state index contributed by atoms with van der Waals surface area (Å²) in [5.74, 6) is -0.818. The molecule has 2 aromatic carbocycles. The van der Waals surface area contributed by atoms with Crippen LogP contribution in [0.1, 0.15) is 21.5 Å². The number of hydrogen-bond donors (Lipinski definition) is 3. The van der Waals surface area contributed by atoms with Crippen molar-refractivity contribution in [2.24, 2.45) is 5.73 Å². The van der Waals surface area contributed by atoms with Crippen LogP contribution in [-0.2, 0) is 13.0 Å². The number of nitrogens with one attached hydrogen (secondary N) is 1. The highest BCUT2D eigenvalue weighted by Gasteiger charge is 2.19. The number of hydrogen-bond acceptors (Lipinski definition) is 5. The molecule has 7 nitrogen and oxygen atoms in total. The highest BCUT2D eigenvalue weighted by molar-refractivity contribution is 6.34. The zero-order valence-corrected chi connectivity index (χ0v) is 13.4. The van der Waals surface area contributed by atoms with Gasteiger partial charge in [0.1, 0.15) is 0 Å². The standard InChI is InChI=1S/C16H16ClN3O4/c17-14-7-11(15(20(23)24)8-13(14)16(18)22)9-19-12-3-1-10(2-4-12)5-6-21/h1-4,7-8,19,21H,5-6,9H2,(H2,18,22). The van der Waals surface area contributed by atoms with E-state index in [1.54, 1.807) is 0 Å². The molecule has 0 fully saturated rings. The third kappa shape index (κ3) is 4.21. The Bertz CT molecular complexity index is 763. The number of carbonyl (C=O) groups is 1. The summed E-state index contributed by atoms with van der Waals surface area (Å²) in [6.07, 6.45) is 0.565. The van der Waals surface area contributed by atoms with Crippen LogP contribution in [0.25, 0.3) is 0 Å². The van der Waals surface area contributed by atoms with Gasteiger partial charge in [-0.25, -0.2) is 0 Å². The molecular weight excluding hydrogens is 334 g/mol. The number of nitrogens with two attached hydrogens (primary N) is 1. The second kappa shape index (κ2) is 7.76. The van der Waals surface area contributed by atoms with E-state index in [1.807, 2.05) is 24.3 Å². The van der Waals surface area contributed by atoms with Crippen LogP contribution < -0.4 is 11.1 Å². The van der Waals surface area contributed by atoms with Crippen molar-refractivity contribution in [3.8, 4) is 0 Å². The van der Waals surface area contributed by atoms with Gasteiger partial charge in [0.2, 0.25) is 5.91 Å². The lowest BCUT2D eigenvalue weighted by Crippen LogP contribution is -2.13. The molecule has 0 saturated heterocycles. The molecule has 126 valence electrons. The minimum Gasteiger partial charge on any atom is -0.396 e. The molecule has 0 radical (unpaired) electrons. The molecule has 8 heteroatoms. The zero-order valence-electron chi connectivity index (χ0n) is 12.7. The van der Waals surface area contributed by atoms with Crippen LogP contribution in [0.3, 0.4) is 0 Å². The van der Waals surface area contributed by atoms with E-state index in [2.05, 4.69) is 5.32 Å². The number of nitro benzene ring substituents is 1. The van der Waals surface area contributed by atoms with Gasteiger partial charge in [0, 0.05) is 24.9 Å². The SMILES string of the molecule is NC(=O)c1cc([N+](=O)[O-])c(CNc2ccc(CCO)cc2)cc1Cl. The molecule has 2 aromatic rings. The van der Waals surface area contributed by atoms with E-state index in [0.29, 0.717) is 12.0 Å². The first-order valence-corrected chi connectivity index (χ1v) is 7.50. The number of halogens is 1. The molecule has 2 rings (SSSR count). The third-order valence-corrected chi connectivity index (χ3v) is 3.78. The first-order chi connectivity index (χ1) is 11.4. The Morgan fingerprint density at radius 3 is 2.50 bits per heavy atom. The molecule has 0 aromatic heterocycles. The summed E-state index contributed by atoms with van der Waals surface area (Å²) >= 11 is 5.96. The maximum Gasteiger partial charge on any atom is 0.275 e. The van der Waals surface area contributed by atoms with Crippen molar-refractivity contribution >= 4 is 28.9 Å². The normalized spacial score (nSPS) is 10.4. The van der Waals surface area contributed by atoms with Gasteiger partial charge in [0.15, 0.2) is 0 Å². The van der Waals surface area contributed by atoms with Crippen LogP contribution in [0.5, 0.6) is 0 Å². The lowest BCUT2D eigenvalue weighted by Gasteiger charge is -2.10. The zero-order chi connectivity index (χ0) is 17.7. The number of aliphatic hydroxyl groups is 1. The number of rotatable bonds is 7. The van der Waals surface area contributed by atoms with Gasteiger partial charge in [-0.2, -0.15) is 0 Å². The Balaban J connectivity index is 2.21.